The van der Waals surface area contributed by atoms with Gasteiger partial charge in [0.2, 0.25) is 0 Å². The molecule has 4 nitrogen and oxygen atoms in total. The minimum atomic E-state index is -0.798. The number of allylic oxidation sites excluding steroid dienone is 2. The third kappa shape index (κ3) is 14.2. The van der Waals surface area contributed by atoms with Crippen LogP contribution in [0.25, 0.3) is 0 Å². The van der Waals surface area contributed by atoms with Crippen LogP contribution in [0.1, 0.15) is 118 Å². The second-order valence-electron chi connectivity index (χ2n) is 9.87. The highest BCUT2D eigenvalue weighted by Crippen LogP contribution is 2.29. The molecule has 30 heavy (non-hydrogen) atoms. The highest BCUT2D eigenvalue weighted by Gasteiger charge is 2.37. The van der Waals surface area contributed by atoms with E-state index in [1.165, 1.54) is 70.6 Å². The summed E-state index contributed by atoms with van der Waals surface area (Å²) in [6, 6.07) is 0. The molecule has 0 aromatic carbocycles. The molecule has 1 aliphatic rings. The molecule has 0 aromatic heterocycles. The Balaban J connectivity index is 1.88. The Bertz CT molecular complexity index is 460. The van der Waals surface area contributed by atoms with Gasteiger partial charge in [0.1, 0.15) is 6.61 Å². The molecule has 0 aromatic rings. The molecule has 0 aliphatic carbocycles. The highest BCUT2D eigenvalue weighted by atomic mass is 16.7. The van der Waals surface area contributed by atoms with E-state index in [0.717, 1.165) is 12.8 Å². The van der Waals surface area contributed by atoms with Gasteiger partial charge in [-0.3, -0.25) is 4.79 Å². The topological polar surface area (TPSA) is 44.8 Å². The zero-order valence-electron chi connectivity index (χ0n) is 20.3. The molecule has 0 atom stereocenters. The molecule has 0 bridgehead atoms. The molecule has 0 amide bonds. The molecule has 0 unspecified atom stereocenters. The molecule has 1 aliphatic heterocycles. The largest absolute Gasteiger partial charge is 0.460 e. The van der Waals surface area contributed by atoms with Crippen LogP contribution in [-0.2, 0) is 19.0 Å². The van der Waals surface area contributed by atoms with Crippen LogP contribution >= 0.6 is 0 Å². The summed E-state index contributed by atoms with van der Waals surface area (Å²) in [5, 5.41) is 0. The summed E-state index contributed by atoms with van der Waals surface area (Å²) < 4.78 is 16.9. The molecule has 0 N–H and O–H groups in total. The highest BCUT2D eigenvalue weighted by molar-refractivity contribution is 5.69. The molecule has 1 rings (SSSR count). The standard InChI is InChI=1S/C26H48O4/c1-5-6-7-8-9-10-11-12-13-14-15-16-17-18-19-20-24(27)28-23-26(4)29-21-25(2,3)22-30-26/h12-13H,5-11,14-23H2,1-4H3/b13-12+. The van der Waals surface area contributed by atoms with Crippen LogP contribution in [-0.4, -0.2) is 31.6 Å². The van der Waals surface area contributed by atoms with Crippen molar-refractivity contribution in [2.45, 2.75) is 123 Å². The first-order valence-electron chi connectivity index (χ1n) is 12.5. The zero-order valence-corrected chi connectivity index (χ0v) is 20.3. The van der Waals surface area contributed by atoms with Gasteiger partial charge in [0.05, 0.1) is 13.2 Å². The van der Waals surface area contributed by atoms with E-state index in [-0.39, 0.29) is 18.0 Å². The third-order valence-corrected chi connectivity index (χ3v) is 5.67. The maximum Gasteiger partial charge on any atom is 0.305 e. The number of unbranched alkanes of at least 4 members (excludes halogenated alkanes) is 11. The first kappa shape index (κ1) is 27.2. The van der Waals surface area contributed by atoms with Gasteiger partial charge >= 0.3 is 5.97 Å². The van der Waals surface area contributed by atoms with Crippen molar-refractivity contribution in [2.75, 3.05) is 19.8 Å². The molecule has 4 heteroatoms. The summed E-state index contributed by atoms with van der Waals surface area (Å²) >= 11 is 0. The second kappa shape index (κ2) is 15.9. The molecule has 0 spiro atoms. The molecule has 1 fully saturated rings. The lowest BCUT2D eigenvalue weighted by atomic mass is 9.95. The maximum atomic E-state index is 11.9. The van der Waals surface area contributed by atoms with Crippen molar-refractivity contribution in [3.8, 4) is 0 Å². The van der Waals surface area contributed by atoms with Gasteiger partial charge in [-0.2, -0.15) is 0 Å². The van der Waals surface area contributed by atoms with E-state index < -0.39 is 5.79 Å². The average Bonchev–Trinajstić information content (AvgIpc) is 2.72. The third-order valence-electron chi connectivity index (χ3n) is 5.67. The Morgan fingerprint density at radius 1 is 0.800 bits per heavy atom. The Labute approximate surface area is 186 Å². The van der Waals surface area contributed by atoms with Crippen molar-refractivity contribution < 1.29 is 19.0 Å². The van der Waals surface area contributed by atoms with E-state index in [0.29, 0.717) is 19.6 Å². The van der Waals surface area contributed by atoms with Crippen molar-refractivity contribution in [2.24, 2.45) is 5.41 Å². The van der Waals surface area contributed by atoms with E-state index in [2.05, 4.69) is 32.9 Å². The van der Waals surface area contributed by atoms with Crippen molar-refractivity contribution in [1.29, 1.82) is 0 Å². The van der Waals surface area contributed by atoms with Crippen LogP contribution in [0.2, 0.25) is 0 Å². The Kier molecular flexibility index (Phi) is 14.4. The lowest BCUT2D eigenvalue weighted by Crippen LogP contribution is -2.48. The van der Waals surface area contributed by atoms with E-state index in [1.54, 1.807) is 0 Å². The molecule has 0 saturated carbocycles. The lowest BCUT2D eigenvalue weighted by Gasteiger charge is -2.40. The predicted molar refractivity (Wildman–Crippen MR) is 125 cm³/mol. The number of hydrogen-bond acceptors (Lipinski definition) is 4. The van der Waals surface area contributed by atoms with Gasteiger partial charge in [-0.15, -0.1) is 0 Å². The van der Waals surface area contributed by atoms with Gasteiger partial charge in [-0.25, -0.2) is 0 Å². The summed E-state index contributed by atoms with van der Waals surface area (Å²) in [6.07, 6.45) is 21.5. The van der Waals surface area contributed by atoms with Crippen LogP contribution in [0.5, 0.6) is 0 Å². The predicted octanol–water partition coefficient (Wildman–Crippen LogP) is 7.36. The monoisotopic (exact) mass is 424 g/mol. The SMILES string of the molecule is CCCCCCCC/C=C/CCCCCCCC(=O)OCC1(C)OCC(C)(C)CO1. The van der Waals surface area contributed by atoms with Crippen molar-refractivity contribution >= 4 is 5.97 Å². The molecule has 0 radical (unpaired) electrons. The Morgan fingerprint density at radius 2 is 1.30 bits per heavy atom. The molecule has 1 heterocycles. The Hall–Kier alpha value is -0.870. The van der Waals surface area contributed by atoms with Gasteiger partial charge in [0, 0.05) is 11.8 Å². The number of esters is 1. The quantitative estimate of drug-likeness (QED) is 0.139. The van der Waals surface area contributed by atoms with E-state index in [1.807, 2.05) is 6.92 Å². The fourth-order valence-electron chi connectivity index (χ4n) is 3.49. The van der Waals surface area contributed by atoms with Gasteiger partial charge in [-0.1, -0.05) is 84.3 Å². The van der Waals surface area contributed by atoms with Crippen LogP contribution < -0.4 is 0 Å². The summed E-state index contributed by atoms with van der Waals surface area (Å²) in [6.45, 7) is 9.73. The fourth-order valence-corrected chi connectivity index (χ4v) is 3.49. The maximum absolute atomic E-state index is 11.9. The molecule has 176 valence electrons. The van der Waals surface area contributed by atoms with Gasteiger partial charge < -0.3 is 14.2 Å². The van der Waals surface area contributed by atoms with Crippen LogP contribution in [0, 0.1) is 5.41 Å². The van der Waals surface area contributed by atoms with Crippen LogP contribution in [0.4, 0.5) is 0 Å². The first-order chi connectivity index (χ1) is 14.4. The van der Waals surface area contributed by atoms with E-state index in [9.17, 15) is 4.79 Å². The van der Waals surface area contributed by atoms with Crippen molar-refractivity contribution in [1.82, 2.24) is 0 Å². The van der Waals surface area contributed by atoms with Crippen molar-refractivity contribution in [3.63, 3.8) is 0 Å². The van der Waals surface area contributed by atoms with Crippen LogP contribution in [0.15, 0.2) is 12.2 Å². The minimum Gasteiger partial charge on any atom is -0.460 e. The minimum absolute atomic E-state index is 0.0210. The van der Waals surface area contributed by atoms with Gasteiger partial charge in [-0.05, 0) is 39.0 Å². The number of hydrogen-bond donors (Lipinski definition) is 0. The summed E-state index contributed by atoms with van der Waals surface area (Å²) in [4.78, 5) is 11.9. The fraction of sp³-hybridized carbons (Fsp3) is 0.885. The van der Waals surface area contributed by atoms with Gasteiger partial charge in [0.15, 0.2) is 5.79 Å². The number of carbonyl (C=O) groups is 1. The number of carbonyl (C=O) groups excluding carboxylic acids is 1. The summed E-state index contributed by atoms with van der Waals surface area (Å²) in [5.41, 5.74) is 0.0210. The number of ether oxygens (including phenoxy) is 3. The summed E-state index contributed by atoms with van der Waals surface area (Å²) in [5.74, 6) is -0.945. The van der Waals surface area contributed by atoms with Gasteiger partial charge in [0.25, 0.3) is 0 Å². The lowest BCUT2D eigenvalue weighted by molar-refractivity contribution is -0.303. The summed E-state index contributed by atoms with van der Waals surface area (Å²) in [7, 11) is 0. The zero-order chi connectivity index (χ0) is 22.1. The van der Waals surface area contributed by atoms with E-state index in [4.69, 9.17) is 14.2 Å². The first-order valence-corrected chi connectivity index (χ1v) is 12.5. The Morgan fingerprint density at radius 3 is 1.87 bits per heavy atom. The smallest absolute Gasteiger partial charge is 0.305 e. The van der Waals surface area contributed by atoms with E-state index >= 15 is 0 Å². The number of rotatable bonds is 17. The molecular formula is C26H48O4. The van der Waals surface area contributed by atoms with Crippen molar-refractivity contribution in [3.05, 3.63) is 12.2 Å². The normalized spacial score (nSPS) is 18.0. The van der Waals surface area contributed by atoms with Crippen LogP contribution in [0.3, 0.4) is 0 Å². The molecular weight excluding hydrogens is 376 g/mol. The average molecular weight is 425 g/mol. The molecule has 1 saturated heterocycles. The second-order valence-corrected chi connectivity index (χ2v) is 9.87.